The van der Waals surface area contributed by atoms with Gasteiger partial charge in [0.25, 0.3) is 0 Å². The lowest BCUT2D eigenvalue weighted by atomic mass is 10.0. The van der Waals surface area contributed by atoms with Gasteiger partial charge in [-0.15, -0.1) is 0 Å². The van der Waals surface area contributed by atoms with E-state index in [-0.39, 0.29) is 0 Å². The fourth-order valence-electron chi connectivity index (χ4n) is 1.58. The minimum atomic E-state index is -0.815. The van der Waals surface area contributed by atoms with E-state index in [0.717, 1.165) is 0 Å². The molecule has 0 bridgehead atoms. The smallest absolute Gasteiger partial charge is 0.109 e. The van der Waals surface area contributed by atoms with Gasteiger partial charge in [0.05, 0.1) is 16.3 Å². The lowest BCUT2D eigenvalue weighted by Gasteiger charge is -2.12. The number of hydrogen-bond acceptors (Lipinski definition) is 2. The summed E-state index contributed by atoms with van der Waals surface area (Å²) in [7, 11) is 0. The molecule has 1 aromatic heterocycles. The van der Waals surface area contributed by atoms with Crippen LogP contribution >= 0.6 is 23.2 Å². The van der Waals surface area contributed by atoms with Crippen LogP contribution in [0.5, 0.6) is 0 Å². The zero-order chi connectivity index (χ0) is 11.7. The summed E-state index contributed by atoms with van der Waals surface area (Å²) in [4.78, 5) is 0. The molecule has 0 radical (unpaired) electrons. The maximum atomic E-state index is 10.2. The third-order valence-electron chi connectivity index (χ3n) is 2.47. The molecule has 0 aliphatic rings. The first-order chi connectivity index (χ1) is 7.61. The molecule has 0 saturated carbocycles. The fraction of sp³-hybridized carbons (Fsp3) is 0.167. The van der Waals surface area contributed by atoms with Crippen LogP contribution in [0.2, 0.25) is 10.0 Å². The maximum absolute atomic E-state index is 10.2. The van der Waals surface area contributed by atoms with Gasteiger partial charge in [0.2, 0.25) is 0 Å². The van der Waals surface area contributed by atoms with E-state index in [2.05, 4.69) is 0 Å². The molecule has 1 N–H and O–H groups in total. The van der Waals surface area contributed by atoms with Crippen molar-refractivity contribution in [2.45, 2.75) is 13.0 Å². The number of benzene rings is 1. The highest BCUT2D eigenvalue weighted by molar-refractivity contribution is 6.42. The average Bonchev–Trinajstić information content (AvgIpc) is 2.68. The van der Waals surface area contributed by atoms with Gasteiger partial charge in [0, 0.05) is 11.1 Å². The summed E-state index contributed by atoms with van der Waals surface area (Å²) in [5.41, 5.74) is 1.28. The summed E-state index contributed by atoms with van der Waals surface area (Å²) < 4.78 is 5.14. The lowest BCUT2D eigenvalue weighted by Crippen LogP contribution is -2.00. The van der Waals surface area contributed by atoms with Crippen LogP contribution in [0.15, 0.2) is 34.9 Å². The van der Waals surface area contributed by atoms with Gasteiger partial charge in [-0.25, -0.2) is 0 Å². The van der Waals surface area contributed by atoms with Crippen LogP contribution in [-0.2, 0) is 0 Å². The van der Waals surface area contributed by atoms with Crippen LogP contribution in [0.3, 0.4) is 0 Å². The Bertz CT molecular complexity index is 505. The molecule has 0 aliphatic carbocycles. The van der Waals surface area contributed by atoms with Crippen molar-refractivity contribution in [2.75, 3.05) is 0 Å². The summed E-state index contributed by atoms with van der Waals surface area (Å²) in [6.07, 6.45) is 0.719. The third-order valence-corrected chi connectivity index (χ3v) is 3.30. The number of halogens is 2. The van der Waals surface area contributed by atoms with E-state index in [4.69, 9.17) is 27.6 Å². The molecule has 1 atom stereocenters. The molecular formula is C12H10Cl2O2. The highest BCUT2D eigenvalue weighted by Gasteiger charge is 2.18. The number of aryl methyl sites for hydroxylation is 1. The number of aliphatic hydroxyl groups excluding tert-OH is 1. The molecule has 4 heteroatoms. The van der Waals surface area contributed by atoms with Crippen molar-refractivity contribution < 1.29 is 9.52 Å². The first kappa shape index (κ1) is 11.5. The zero-order valence-electron chi connectivity index (χ0n) is 8.58. The molecule has 0 amide bonds. The van der Waals surface area contributed by atoms with Gasteiger partial charge in [0.15, 0.2) is 0 Å². The van der Waals surface area contributed by atoms with Gasteiger partial charge in [-0.1, -0.05) is 35.3 Å². The van der Waals surface area contributed by atoms with E-state index >= 15 is 0 Å². The molecule has 0 saturated heterocycles. The molecule has 1 aromatic carbocycles. The van der Waals surface area contributed by atoms with Gasteiger partial charge < -0.3 is 9.52 Å². The van der Waals surface area contributed by atoms with E-state index in [9.17, 15) is 5.11 Å². The molecule has 0 aliphatic heterocycles. The molecule has 2 aromatic rings. The Morgan fingerprint density at radius 1 is 1.19 bits per heavy atom. The normalized spacial score (nSPS) is 12.8. The highest BCUT2D eigenvalue weighted by Crippen LogP contribution is 2.34. The minimum absolute atomic E-state index is 0.372. The molecule has 1 heterocycles. The molecular weight excluding hydrogens is 247 g/mol. The Hall–Kier alpha value is -0.960. The van der Waals surface area contributed by atoms with Crippen LogP contribution in [0.25, 0.3) is 0 Å². The SMILES string of the molecule is Cc1occc1C(O)c1cccc(Cl)c1Cl. The van der Waals surface area contributed by atoms with Crippen LogP contribution in [-0.4, -0.2) is 5.11 Å². The van der Waals surface area contributed by atoms with Gasteiger partial charge in [0.1, 0.15) is 11.9 Å². The third kappa shape index (κ3) is 1.96. The van der Waals surface area contributed by atoms with Crippen LogP contribution in [0.1, 0.15) is 23.0 Å². The Morgan fingerprint density at radius 2 is 1.94 bits per heavy atom. The lowest BCUT2D eigenvalue weighted by molar-refractivity contribution is 0.218. The van der Waals surface area contributed by atoms with Gasteiger partial charge in [-0.05, 0) is 19.1 Å². The van der Waals surface area contributed by atoms with Gasteiger partial charge in [-0.2, -0.15) is 0 Å². The Morgan fingerprint density at radius 3 is 2.56 bits per heavy atom. The number of aliphatic hydroxyl groups is 1. The van der Waals surface area contributed by atoms with Crippen molar-refractivity contribution >= 4 is 23.2 Å². The van der Waals surface area contributed by atoms with E-state index < -0.39 is 6.10 Å². The van der Waals surface area contributed by atoms with Crippen molar-refractivity contribution in [3.05, 3.63) is 57.5 Å². The first-order valence-corrected chi connectivity index (χ1v) is 5.53. The predicted molar refractivity (Wildman–Crippen MR) is 64.0 cm³/mol. The van der Waals surface area contributed by atoms with Crippen molar-refractivity contribution in [2.24, 2.45) is 0 Å². The Balaban J connectivity index is 2.46. The van der Waals surface area contributed by atoms with Crippen molar-refractivity contribution in [3.8, 4) is 0 Å². The van der Waals surface area contributed by atoms with E-state index in [1.54, 1.807) is 31.2 Å². The molecule has 0 fully saturated rings. The molecule has 2 nitrogen and oxygen atoms in total. The highest BCUT2D eigenvalue weighted by atomic mass is 35.5. The molecule has 1 unspecified atom stereocenters. The fourth-order valence-corrected chi connectivity index (χ4v) is 1.99. The van der Waals surface area contributed by atoms with Crippen molar-refractivity contribution in [3.63, 3.8) is 0 Å². The molecule has 84 valence electrons. The van der Waals surface area contributed by atoms with Crippen LogP contribution in [0.4, 0.5) is 0 Å². The summed E-state index contributed by atoms with van der Waals surface area (Å²) in [6.45, 7) is 1.79. The largest absolute Gasteiger partial charge is 0.469 e. The van der Waals surface area contributed by atoms with Gasteiger partial charge >= 0.3 is 0 Å². The Kier molecular flexibility index (Phi) is 3.24. The maximum Gasteiger partial charge on any atom is 0.109 e. The predicted octanol–water partition coefficient (Wildman–Crippen LogP) is 3.98. The molecule has 0 spiro atoms. The molecule has 16 heavy (non-hydrogen) atoms. The summed E-state index contributed by atoms with van der Waals surface area (Å²) in [5, 5.41) is 11.0. The second kappa shape index (κ2) is 4.50. The van der Waals surface area contributed by atoms with E-state index in [1.807, 2.05) is 0 Å². The summed E-state index contributed by atoms with van der Waals surface area (Å²) >= 11 is 11.9. The average molecular weight is 257 g/mol. The number of furan rings is 1. The number of hydrogen-bond donors (Lipinski definition) is 1. The van der Waals surface area contributed by atoms with E-state index in [1.165, 1.54) is 6.26 Å². The van der Waals surface area contributed by atoms with Crippen molar-refractivity contribution in [1.82, 2.24) is 0 Å². The topological polar surface area (TPSA) is 33.4 Å². The van der Waals surface area contributed by atoms with Gasteiger partial charge in [-0.3, -0.25) is 0 Å². The molecule has 2 rings (SSSR count). The summed E-state index contributed by atoms with van der Waals surface area (Å²) in [5.74, 6) is 0.670. The Labute approximate surface area is 103 Å². The standard InChI is InChI=1S/C12H10Cl2O2/c1-7-8(5-6-16-7)12(15)9-3-2-4-10(13)11(9)14/h2-6,12,15H,1H3. The quantitative estimate of drug-likeness (QED) is 0.882. The monoisotopic (exact) mass is 256 g/mol. The zero-order valence-corrected chi connectivity index (χ0v) is 10.1. The van der Waals surface area contributed by atoms with E-state index in [0.29, 0.717) is 26.9 Å². The first-order valence-electron chi connectivity index (χ1n) is 4.77. The van der Waals surface area contributed by atoms with Crippen molar-refractivity contribution in [1.29, 1.82) is 0 Å². The second-order valence-electron chi connectivity index (χ2n) is 3.48. The van der Waals surface area contributed by atoms with Crippen LogP contribution < -0.4 is 0 Å². The number of rotatable bonds is 2. The minimum Gasteiger partial charge on any atom is -0.469 e. The summed E-state index contributed by atoms with van der Waals surface area (Å²) in [6, 6.07) is 6.90. The second-order valence-corrected chi connectivity index (χ2v) is 4.26. The van der Waals surface area contributed by atoms with Crippen LogP contribution in [0, 0.1) is 6.92 Å².